The SMILES string of the molecule is CNC1CCc2ccccc2C1.Clc1ccccc1Cl. The molecule has 0 bridgehead atoms. The number of fused-ring (bicyclic) bond motifs is 1. The summed E-state index contributed by atoms with van der Waals surface area (Å²) < 4.78 is 0. The van der Waals surface area contributed by atoms with Crippen LogP contribution in [0, 0.1) is 0 Å². The van der Waals surface area contributed by atoms with Crippen molar-refractivity contribution in [2.24, 2.45) is 0 Å². The molecule has 1 atom stereocenters. The predicted octanol–water partition coefficient (Wildman–Crippen LogP) is 4.76. The summed E-state index contributed by atoms with van der Waals surface area (Å²) in [6, 6.07) is 16.7. The van der Waals surface area contributed by atoms with Crippen LogP contribution in [0.3, 0.4) is 0 Å². The predicted molar refractivity (Wildman–Crippen MR) is 87.8 cm³/mol. The summed E-state index contributed by atoms with van der Waals surface area (Å²) in [5.74, 6) is 0. The zero-order valence-electron chi connectivity index (χ0n) is 11.6. The van der Waals surface area contributed by atoms with Gasteiger partial charge in [0.05, 0.1) is 10.0 Å². The van der Waals surface area contributed by atoms with Crippen molar-refractivity contribution in [3.05, 3.63) is 69.7 Å². The third-order valence-electron chi connectivity index (χ3n) is 3.58. The van der Waals surface area contributed by atoms with E-state index in [0.717, 1.165) is 0 Å². The largest absolute Gasteiger partial charge is 0.317 e. The van der Waals surface area contributed by atoms with Crippen LogP contribution in [0.15, 0.2) is 48.5 Å². The summed E-state index contributed by atoms with van der Waals surface area (Å²) in [4.78, 5) is 0. The van der Waals surface area contributed by atoms with E-state index in [1.165, 1.54) is 24.8 Å². The molecule has 1 aliphatic carbocycles. The minimum atomic E-state index is 0.606. The molecule has 20 heavy (non-hydrogen) atoms. The lowest BCUT2D eigenvalue weighted by molar-refractivity contribution is 0.496. The summed E-state index contributed by atoms with van der Waals surface area (Å²) in [6.07, 6.45) is 3.72. The van der Waals surface area contributed by atoms with Crippen LogP contribution in [0.25, 0.3) is 0 Å². The van der Waals surface area contributed by atoms with Crippen molar-refractivity contribution >= 4 is 23.2 Å². The smallest absolute Gasteiger partial charge is 0.0592 e. The molecule has 106 valence electrons. The number of halogens is 2. The molecule has 0 spiro atoms. The molecule has 1 N–H and O–H groups in total. The average molecular weight is 308 g/mol. The van der Waals surface area contributed by atoms with Gasteiger partial charge in [0.15, 0.2) is 0 Å². The summed E-state index contributed by atoms with van der Waals surface area (Å²) in [5, 5.41) is 4.56. The van der Waals surface area contributed by atoms with E-state index in [0.29, 0.717) is 16.1 Å². The average Bonchev–Trinajstić information content (AvgIpc) is 2.50. The third-order valence-corrected chi connectivity index (χ3v) is 4.34. The number of rotatable bonds is 1. The van der Waals surface area contributed by atoms with Crippen molar-refractivity contribution in [3.8, 4) is 0 Å². The molecule has 1 unspecified atom stereocenters. The van der Waals surface area contributed by atoms with Gasteiger partial charge >= 0.3 is 0 Å². The molecule has 0 saturated heterocycles. The fraction of sp³-hybridized carbons (Fsp3) is 0.294. The third kappa shape index (κ3) is 4.24. The molecule has 0 aliphatic heterocycles. The second kappa shape index (κ2) is 7.68. The van der Waals surface area contributed by atoms with E-state index in [2.05, 4.69) is 36.6 Å². The lowest BCUT2D eigenvalue weighted by atomic mass is 9.88. The van der Waals surface area contributed by atoms with E-state index in [1.807, 2.05) is 12.1 Å². The molecule has 3 heteroatoms. The van der Waals surface area contributed by atoms with E-state index in [-0.39, 0.29) is 0 Å². The van der Waals surface area contributed by atoms with E-state index in [4.69, 9.17) is 23.2 Å². The van der Waals surface area contributed by atoms with Gasteiger partial charge in [-0.25, -0.2) is 0 Å². The summed E-state index contributed by atoms with van der Waals surface area (Å²) >= 11 is 11.2. The van der Waals surface area contributed by atoms with Gasteiger partial charge in [-0.1, -0.05) is 59.6 Å². The molecular weight excluding hydrogens is 289 g/mol. The maximum Gasteiger partial charge on any atom is 0.0592 e. The highest BCUT2D eigenvalue weighted by molar-refractivity contribution is 6.41. The molecule has 0 saturated carbocycles. The first-order valence-electron chi connectivity index (χ1n) is 6.84. The highest BCUT2D eigenvalue weighted by Crippen LogP contribution is 2.20. The number of hydrogen-bond acceptors (Lipinski definition) is 1. The Morgan fingerprint density at radius 3 is 2.00 bits per heavy atom. The van der Waals surface area contributed by atoms with Crippen LogP contribution < -0.4 is 5.32 Å². The summed E-state index contributed by atoms with van der Waals surface area (Å²) in [5.41, 5.74) is 3.08. The quantitative estimate of drug-likeness (QED) is 0.801. The Hall–Kier alpha value is -1.02. The minimum Gasteiger partial charge on any atom is -0.317 e. The second-order valence-corrected chi connectivity index (χ2v) is 5.73. The van der Waals surface area contributed by atoms with Crippen molar-refractivity contribution < 1.29 is 0 Å². The molecule has 0 amide bonds. The van der Waals surface area contributed by atoms with Gasteiger partial charge in [-0.2, -0.15) is 0 Å². The topological polar surface area (TPSA) is 12.0 Å². The minimum absolute atomic E-state index is 0.606. The van der Waals surface area contributed by atoms with E-state index < -0.39 is 0 Å². The van der Waals surface area contributed by atoms with Gasteiger partial charge in [0, 0.05) is 6.04 Å². The van der Waals surface area contributed by atoms with Crippen molar-refractivity contribution in [3.63, 3.8) is 0 Å². The molecule has 0 heterocycles. The van der Waals surface area contributed by atoms with Crippen molar-refractivity contribution in [2.75, 3.05) is 7.05 Å². The molecule has 3 rings (SSSR count). The first-order chi connectivity index (χ1) is 9.70. The normalized spacial score (nSPS) is 16.9. The molecule has 0 radical (unpaired) electrons. The van der Waals surface area contributed by atoms with Crippen LogP contribution >= 0.6 is 23.2 Å². The van der Waals surface area contributed by atoms with Crippen LogP contribution in [-0.4, -0.2) is 13.1 Å². The van der Waals surface area contributed by atoms with Gasteiger partial charge in [0.25, 0.3) is 0 Å². The Morgan fingerprint density at radius 2 is 1.45 bits per heavy atom. The molecule has 0 fully saturated rings. The van der Waals surface area contributed by atoms with Crippen molar-refractivity contribution in [1.29, 1.82) is 0 Å². The van der Waals surface area contributed by atoms with Gasteiger partial charge in [-0.3, -0.25) is 0 Å². The van der Waals surface area contributed by atoms with E-state index in [9.17, 15) is 0 Å². The van der Waals surface area contributed by atoms with Crippen molar-refractivity contribution in [2.45, 2.75) is 25.3 Å². The molecule has 2 aromatic carbocycles. The second-order valence-electron chi connectivity index (χ2n) is 4.91. The number of benzene rings is 2. The highest BCUT2D eigenvalue weighted by atomic mass is 35.5. The molecule has 1 nitrogen and oxygen atoms in total. The van der Waals surface area contributed by atoms with Crippen LogP contribution in [0.5, 0.6) is 0 Å². The van der Waals surface area contributed by atoms with Gasteiger partial charge in [-0.15, -0.1) is 0 Å². The van der Waals surface area contributed by atoms with Gasteiger partial charge in [-0.05, 0) is 49.6 Å². The van der Waals surface area contributed by atoms with Crippen LogP contribution in [0.4, 0.5) is 0 Å². The summed E-state index contributed by atoms with van der Waals surface area (Å²) in [6.45, 7) is 0. The highest BCUT2D eigenvalue weighted by Gasteiger charge is 2.15. The molecule has 2 aromatic rings. The maximum absolute atomic E-state index is 5.58. The number of nitrogens with one attached hydrogen (secondary N) is 1. The number of hydrogen-bond donors (Lipinski definition) is 1. The van der Waals surface area contributed by atoms with Crippen LogP contribution in [0.2, 0.25) is 10.0 Å². The monoisotopic (exact) mass is 307 g/mol. The fourth-order valence-electron chi connectivity index (χ4n) is 2.38. The lowest BCUT2D eigenvalue weighted by Crippen LogP contribution is -2.31. The fourth-order valence-corrected chi connectivity index (χ4v) is 2.65. The lowest BCUT2D eigenvalue weighted by Gasteiger charge is -2.23. The Morgan fingerprint density at radius 1 is 0.900 bits per heavy atom. The van der Waals surface area contributed by atoms with E-state index >= 15 is 0 Å². The molecule has 0 aromatic heterocycles. The first-order valence-corrected chi connectivity index (χ1v) is 7.60. The van der Waals surface area contributed by atoms with Crippen LogP contribution in [0.1, 0.15) is 17.5 Å². The van der Waals surface area contributed by atoms with Gasteiger partial charge < -0.3 is 5.32 Å². The van der Waals surface area contributed by atoms with Gasteiger partial charge in [0.2, 0.25) is 0 Å². The Bertz CT molecular complexity index is 533. The van der Waals surface area contributed by atoms with E-state index in [1.54, 1.807) is 17.7 Å². The van der Waals surface area contributed by atoms with Crippen LogP contribution in [-0.2, 0) is 12.8 Å². The standard InChI is InChI=1S/C11H15N.C6H4Cl2/c1-12-11-7-6-9-4-2-3-5-10(9)8-11;7-5-3-1-2-4-6(5)8/h2-5,11-12H,6-8H2,1H3;1-4H. The molecular formula is C17H19Cl2N. The molecule has 1 aliphatic rings. The Balaban J connectivity index is 0.000000160. The maximum atomic E-state index is 5.58. The Kier molecular flexibility index (Phi) is 5.90. The van der Waals surface area contributed by atoms with Gasteiger partial charge in [0.1, 0.15) is 0 Å². The van der Waals surface area contributed by atoms with Crippen molar-refractivity contribution in [1.82, 2.24) is 5.32 Å². The Labute approximate surface area is 130 Å². The number of aryl methyl sites for hydroxylation is 1. The first kappa shape index (κ1) is 15.4. The zero-order chi connectivity index (χ0) is 14.4. The number of likely N-dealkylation sites (N-methyl/N-ethyl adjacent to an activating group) is 1. The zero-order valence-corrected chi connectivity index (χ0v) is 13.1. The summed E-state index contributed by atoms with van der Waals surface area (Å²) in [7, 11) is 2.05.